The van der Waals surface area contributed by atoms with Crippen LogP contribution in [0.15, 0.2) is 24.4 Å². The maximum Gasteiger partial charge on any atom is 0.286 e. The molecule has 2 amide bonds. The summed E-state index contributed by atoms with van der Waals surface area (Å²) < 4.78 is 0. The Morgan fingerprint density at radius 2 is 1.94 bits per heavy atom. The maximum absolute atomic E-state index is 11.8. The summed E-state index contributed by atoms with van der Waals surface area (Å²) in [6, 6.07) is 5.14. The zero-order valence-corrected chi connectivity index (χ0v) is 10.9. The number of aromatic amines is 1. The van der Waals surface area contributed by atoms with Crippen molar-refractivity contribution in [2.45, 2.75) is 13.8 Å². The molecule has 0 aliphatic rings. The van der Waals surface area contributed by atoms with Crippen LogP contribution in [0.1, 0.15) is 30.6 Å². The number of aryl methyl sites for hydroxylation is 2. The second-order valence-corrected chi connectivity index (χ2v) is 5.10. The first kappa shape index (κ1) is 12.4. The summed E-state index contributed by atoms with van der Waals surface area (Å²) in [5.41, 5.74) is 6.20. The van der Waals surface area contributed by atoms with Crippen LogP contribution >= 0.6 is 11.3 Å². The van der Waals surface area contributed by atoms with Gasteiger partial charge in [0.2, 0.25) is 0 Å². The summed E-state index contributed by atoms with van der Waals surface area (Å²) in [5, 5.41) is 0. The molecule has 0 radical (unpaired) electrons. The van der Waals surface area contributed by atoms with Gasteiger partial charge in [-0.25, -0.2) is 0 Å². The molecule has 0 aromatic carbocycles. The van der Waals surface area contributed by atoms with Gasteiger partial charge in [-0.15, -0.1) is 11.3 Å². The van der Waals surface area contributed by atoms with Gasteiger partial charge < -0.3 is 4.98 Å². The molecule has 0 atom stereocenters. The zero-order valence-electron chi connectivity index (χ0n) is 10.0. The zero-order chi connectivity index (χ0) is 13.1. The van der Waals surface area contributed by atoms with Gasteiger partial charge in [0.15, 0.2) is 0 Å². The summed E-state index contributed by atoms with van der Waals surface area (Å²) in [6.45, 7) is 3.90. The van der Waals surface area contributed by atoms with Gasteiger partial charge in [-0.05, 0) is 37.6 Å². The van der Waals surface area contributed by atoms with Crippen molar-refractivity contribution in [2.24, 2.45) is 0 Å². The molecule has 0 aliphatic carbocycles. The molecule has 0 fully saturated rings. The van der Waals surface area contributed by atoms with Crippen molar-refractivity contribution in [3.05, 3.63) is 45.4 Å². The van der Waals surface area contributed by atoms with E-state index in [-0.39, 0.29) is 11.8 Å². The fraction of sp³-hybridized carbons (Fsp3) is 0.167. The van der Waals surface area contributed by atoms with Crippen LogP contribution in [0.3, 0.4) is 0 Å². The predicted octanol–water partition coefficient (Wildman–Crippen LogP) is 1.77. The third-order valence-corrected chi connectivity index (χ3v) is 3.67. The van der Waals surface area contributed by atoms with E-state index in [4.69, 9.17) is 0 Å². The summed E-state index contributed by atoms with van der Waals surface area (Å²) >= 11 is 1.40. The average Bonchev–Trinajstić information content (AvgIpc) is 2.97. The first-order chi connectivity index (χ1) is 8.58. The molecule has 0 unspecified atom stereocenters. The van der Waals surface area contributed by atoms with Crippen LogP contribution < -0.4 is 10.9 Å². The summed E-state index contributed by atoms with van der Waals surface area (Å²) in [7, 11) is 0. The van der Waals surface area contributed by atoms with E-state index < -0.39 is 0 Å². The van der Waals surface area contributed by atoms with Gasteiger partial charge in [0, 0.05) is 11.1 Å². The quantitative estimate of drug-likeness (QED) is 0.722. The number of carbonyl (C=O) groups excluding carboxylic acids is 2. The number of thiophene rings is 1. The Morgan fingerprint density at radius 1 is 1.22 bits per heavy atom. The fourth-order valence-electron chi connectivity index (χ4n) is 1.40. The molecule has 2 rings (SSSR count). The average molecular weight is 263 g/mol. The van der Waals surface area contributed by atoms with Crippen molar-refractivity contribution in [1.82, 2.24) is 15.8 Å². The van der Waals surface area contributed by atoms with Crippen LogP contribution in [-0.2, 0) is 0 Å². The third-order valence-electron chi connectivity index (χ3n) is 2.52. The van der Waals surface area contributed by atoms with Crippen LogP contribution in [0.4, 0.5) is 0 Å². The summed E-state index contributed by atoms with van der Waals surface area (Å²) in [4.78, 5) is 27.7. The lowest BCUT2D eigenvalue weighted by molar-refractivity contribution is 0.0846. The number of nitrogens with one attached hydrogen (secondary N) is 3. The number of amides is 2. The number of aromatic nitrogens is 1. The molecule has 2 heterocycles. The van der Waals surface area contributed by atoms with E-state index in [1.54, 1.807) is 24.4 Å². The molecule has 0 saturated heterocycles. The molecule has 5 nitrogen and oxygen atoms in total. The van der Waals surface area contributed by atoms with Gasteiger partial charge in [-0.1, -0.05) is 0 Å². The highest BCUT2D eigenvalue weighted by Gasteiger charge is 2.12. The molecule has 2 aromatic heterocycles. The molecule has 0 bridgehead atoms. The number of hydrogen-bond donors (Lipinski definition) is 3. The second-order valence-electron chi connectivity index (χ2n) is 3.84. The molecular formula is C12H13N3O2S. The van der Waals surface area contributed by atoms with E-state index in [2.05, 4.69) is 15.8 Å². The Balaban J connectivity index is 1.94. The van der Waals surface area contributed by atoms with E-state index in [0.717, 1.165) is 10.4 Å². The van der Waals surface area contributed by atoms with Crippen LogP contribution in [0.2, 0.25) is 0 Å². The molecule has 3 N–H and O–H groups in total. The SMILES string of the molecule is Cc1cc(C(=O)NNC(=O)c2ccc[nH]2)sc1C. The van der Waals surface area contributed by atoms with Crippen molar-refractivity contribution >= 4 is 23.2 Å². The summed E-state index contributed by atoms with van der Waals surface area (Å²) in [6.07, 6.45) is 1.64. The molecular weight excluding hydrogens is 250 g/mol. The van der Waals surface area contributed by atoms with Crippen molar-refractivity contribution in [3.63, 3.8) is 0 Å². The number of hydrazine groups is 1. The first-order valence-corrected chi connectivity index (χ1v) is 6.20. The minimum Gasteiger partial charge on any atom is -0.357 e. The highest BCUT2D eigenvalue weighted by atomic mass is 32.1. The minimum atomic E-state index is -0.377. The van der Waals surface area contributed by atoms with Crippen molar-refractivity contribution in [3.8, 4) is 0 Å². The Labute approximate surface area is 108 Å². The van der Waals surface area contributed by atoms with Gasteiger partial charge >= 0.3 is 0 Å². The van der Waals surface area contributed by atoms with E-state index in [0.29, 0.717) is 10.6 Å². The van der Waals surface area contributed by atoms with Crippen molar-refractivity contribution in [2.75, 3.05) is 0 Å². The van der Waals surface area contributed by atoms with Crippen molar-refractivity contribution in [1.29, 1.82) is 0 Å². The molecule has 94 valence electrons. The van der Waals surface area contributed by atoms with E-state index in [1.807, 2.05) is 13.8 Å². The second kappa shape index (κ2) is 5.05. The molecule has 0 aliphatic heterocycles. The smallest absolute Gasteiger partial charge is 0.286 e. The number of carbonyl (C=O) groups is 2. The molecule has 0 spiro atoms. The van der Waals surface area contributed by atoms with Gasteiger partial charge in [-0.3, -0.25) is 20.4 Å². The lowest BCUT2D eigenvalue weighted by Crippen LogP contribution is -2.41. The number of hydrogen-bond acceptors (Lipinski definition) is 3. The van der Waals surface area contributed by atoms with E-state index >= 15 is 0 Å². The molecule has 2 aromatic rings. The molecule has 18 heavy (non-hydrogen) atoms. The highest BCUT2D eigenvalue weighted by Crippen LogP contribution is 2.20. The van der Waals surface area contributed by atoms with Crippen LogP contribution in [-0.4, -0.2) is 16.8 Å². The monoisotopic (exact) mass is 263 g/mol. The lowest BCUT2D eigenvalue weighted by Gasteiger charge is -2.04. The predicted molar refractivity (Wildman–Crippen MR) is 69.5 cm³/mol. The van der Waals surface area contributed by atoms with Gasteiger partial charge in [0.1, 0.15) is 5.69 Å². The van der Waals surface area contributed by atoms with Crippen LogP contribution in [0.25, 0.3) is 0 Å². The standard InChI is InChI=1S/C12H13N3O2S/c1-7-6-10(18-8(7)2)12(17)15-14-11(16)9-4-3-5-13-9/h3-6,13H,1-2H3,(H,14,16)(H,15,17). The molecule has 6 heteroatoms. The lowest BCUT2D eigenvalue weighted by atomic mass is 10.3. The Bertz CT molecular complexity index is 553. The van der Waals surface area contributed by atoms with Crippen LogP contribution in [0.5, 0.6) is 0 Å². The van der Waals surface area contributed by atoms with Gasteiger partial charge in [-0.2, -0.15) is 0 Å². The maximum atomic E-state index is 11.8. The third kappa shape index (κ3) is 2.60. The van der Waals surface area contributed by atoms with Gasteiger partial charge in [0.25, 0.3) is 11.8 Å². The molecule has 0 saturated carbocycles. The Kier molecular flexibility index (Phi) is 3.47. The van der Waals surface area contributed by atoms with E-state index in [9.17, 15) is 9.59 Å². The van der Waals surface area contributed by atoms with E-state index in [1.165, 1.54) is 11.3 Å². The minimum absolute atomic E-state index is 0.309. The number of H-pyrrole nitrogens is 1. The normalized spacial score (nSPS) is 10.1. The van der Waals surface area contributed by atoms with Crippen LogP contribution in [0, 0.1) is 13.8 Å². The summed E-state index contributed by atoms with van der Waals surface area (Å²) in [5.74, 6) is -0.686. The highest BCUT2D eigenvalue weighted by molar-refractivity contribution is 7.14. The Morgan fingerprint density at radius 3 is 2.50 bits per heavy atom. The largest absolute Gasteiger partial charge is 0.357 e. The number of rotatable bonds is 2. The van der Waals surface area contributed by atoms with Crippen molar-refractivity contribution < 1.29 is 9.59 Å². The first-order valence-electron chi connectivity index (χ1n) is 5.39. The topological polar surface area (TPSA) is 74.0 Å². The fourth-order valence-corrected chi connectivity index (χ4v) is 2.33. The Hall–Kier alpha value is -2.08. The van der Waals surface area contributed by atoms with Gasteiger partial charge in [0.05, 0.1) is 4.88 Å².